The largest absolute Gasteiger partial charge is 0.416 e. The van der Waals surface area contributed by atoms with Crippen LogP contribution in [0.25, 0.3) is 11.3 Å². The molecule has 0 bridgehead atoms. The molecular formula is C12H7Cl2F3N2. The molecule has 2 N–H and O–H groups in total. The van der Waals surface area contributed by atoms with Gasteiger partial charge < -0.3 is 5.73 Å². The number of nitrogens with zero attached hydrogens (tertiary/aromatic N) is 1. The van der Waals surface area contributed by atoms with Crippen molar-refractivity contribution in [2.24, 2.45) is 0 Å². The lowest BCUT2D eigenvalue weighted by atomic mass is 10.1. The van der Waals surface area contributed by atoms with Gasteiger partial charge in [0.1, 0.15) is 5.82 Å². The Morgan fingerprint density at radius 3 is 2.42 bits per heavy atom. The molecule has 0 spiro atoms. The number of hydrogen-bond donors (Lipinski definition) is 1. The van der Waals surface area contributed by atoms with E-state index in [2.05, 4.69) is 4.98 Å². The standard InChI is InChI=1S/C12H7Cl2F3N2/c13-8-3-1-2-7(11(8)14)9-4-6(12(15,16)17)5-10(18)19-9/h1-5H,(H2,18,19). The summed E-state index contributed by atoms with van der Waals surface area (Å²) in [5.41, 5.74) is 4.84. The number of nitrogens with two attached hydrogens (primary N) is 1. The van der Waals surface area contributed by atoms with Crippen molar-refractivity contribution in [1.82, 2.24) is 4.98 Å². The first kappa shape index (κ1) is 14.0. The van der Waals surface area contributed by atoms with Gasteiger partial charge in [0, 0.05) is 5.56 Å². The monoisotopic (exact) mass is 306 g/mol. The van der Waals surface area contributed by atoms with Crippen LogP contribution in [0.3, 0.4) is 0 Å². The fraction of sp³-hybridized carbons (Fsp3) is 0.0833. The first-order valence-corrected chi connectivity index (χ1v) is 5.84. The van der Waals surface area contributed by atoms with Gasteiger partial charge in [-0.05, 0) is 18.2 Å². The molecule has 19 heavy (non-hydrogen) atoms. The van der Waals surface area contributed by atoms with Gasteiger partial charge in [-0.3, -0.25) is 0 Å². The van der Waals surface area contributed by atoms with E-state index in [-0.39, 0.29) is 21.6 Å². The molecular weight excluding hydrogens is 300 g/mol. The van der Waals surface area contributed by atoms with Crippen LogP contribution in [0.15, 0.2) is 30.3 Å². The molecule has 0 saturated heterocycles. The number of alkyl halides is 3. The van der Waals surface area contributed by atoms with Gasteiger partial charge >= 0.3 is 6.18 Å². The van der Waals surface area contributed by atoms with Crippen LogP contribution in [0.4, 0.5) is 19.0 Å². The highest BCUT2D eigenvalue weighted by Gasteiger charge is 2.31. The lowest BCUT2D eigenvalue weighted by Gasteiger charge is -2.11. The van der Waals surface area contributed by atoms with Gasteiger partial charge in [-0.1, -0.05) is 35.3 Å². The molecule has 2 rings (SSSR count). The van der Waals surface area contributed by atoms with Crippen LogP contribution in [0.5, 0.6) is 0 Å². The zero-order valence-electron chi connectivity index (χ0n) is 9.30. The maximum atomic E-state index is 12.7. The van der Waals surface area contributed by atoms with Gasteiger partial charge in [-0.25, -0.2) is 4.98 Å². The van der Waals surface area contributed by atoms with E-state index in [0.29, 0.717) is 5.56 Å². The van der Waals surface area contributed by atoms with Crippen LogP contribution in [-0.2, 0) is 6.18 Å². The highest BCUT2D eigenvalue weighted by Crippen LogP contribution is 2.36. The number of pyridine rings is 1. The summed E-state index contributed by atoms with van der Waals surface area (Å²) < 4.78 is 38.1. The van der Waals surface area contributed by atoms with Crippen LogP contribution in [0.2, 0.25) is 10.0 Å². The maximum Gasteiger partial charge on any atom is 0.416 e. The predicted octanol–water partition coefficient (Wildman–Crippen LogP) is 4.66. The average Bonchev–Trinajstić information content (AvgIpc) is 2.31. The number of hydrogen-bond acceptors (Lipinski definition) is 2. The minimum absolute atomic E-state index is 0.0276. The molecule has 100 valence electrons. The second-order valence-corrected chi connectivity index (χ2v) is 4.55. The number of aromatic nitrogens is 1. The highest BCUT2D eigenvalue weighted by atomic mass is 35.5. The van der Waals surface area contributed by atoms with Crippen molar-refractivity contribution < 1.29 is 13.2 Å². The Morgan fingerprint density at radius 1 is 1.11 bits per heavy atom. The van der Waals surface area contributed by atoms with Gasteiger partial charge in [0.05, 0.1) is 21.3 Å². The molecule has 0 saturated carbocycles. The maximum absolute atomic E-state index is 12.7. The topological polar surface area (TPSA) is 38.9 Å². The van der Waals surface area contributed by atoms with Gasteiger partial charge in [-0.2, -0.15) is 13.2 Å². The Kier molecular flexibility index (Phi) is 3.60. The lowest BCUT2D eigenvalue weighted by Crippen LogP contribution is -2.07. The molecule has 0 aliphatic heterocycles. The van der Waals surface area contributed by atoms with E-state index in [4.69, 9.17) is 28.9 Å². The van der Waals surface area contributed by atoms with Crippen molar-refractivity contribution in [3.8, 4) is 11.3 Å². The molecule has 0 atom stereocenters. The molecule has 0 radical (unpaired) electrons. The smallest absolute Gasteiger partial charge is 0.384 e. The van der Waals surface area contributed by atoms with E-state index in [9.17, 15) is 13.2 Å². The normalized spacial score (nSPS) is 11.6. The minimum atomic E-state index is -4.50. The zero-order chi connectivity index (χ0) is 14.2. The van der Waals surface area contributed by atoms with Crippen molar-refractivity contribution in [2.75, 3.05) is 5.73 Å². The molecule has 0 amide bonds. The number of anilines is 1. The first-order valence-electron chi connectivity index (χ1n) is 5.08. The van der Waals surface area contributed by atoms with Crippen LogP contribution in [0, 0.1) is 0 Å². The summed E-state index contributed by atoms with van der Waals surface area (Å²) in [5, 5.41) is 0.368. The van der Waals surface area contributed by atoms with E-state index in [1.54, 1.807) is 6.07 Å². The molecule has 1 heterocycles. The molecule has 0 aliphatic carbocycles. The third-order valence-corrected chi connectivity index (χ3v) is 3.22. The minimum Gasteiger partial charge on any atom is -0.384 e. The summed E-state index contributed by atoms with van der Waals surface area (Å²) in [5.74, 6) is -0.235. The Morgan fingerprint density at radius 2 is 1.79 bits per heavy atom. The second-order valence-electron chi connectivity index (χ2n) is 3.77. The Bertz CT molecular complexity index is 627. The van der Waals surface area contributed by atoms with Crippen molar-refractivity contribution >= 4 is 29.0 Å². The summed E-state index contributed by atoms with van der Waals surface area (Å²) >= 11 is 11.8. The third kappa shape index (κ3) is 2.93. The molecule has 2 nitrogen and oxygen atoms in total. The van der Waals surface area contributed by atoms with Crippen molar-refractivity contribution in [3.05, 3.63) is 45.9 Å². The Balaban J connectivity index is 2.63. The summed E-state index contributed by atoms with van der Waals surface area (Å²) in [6, 6.07) is 6.28. The quantitative estimate of drug-likeness (QED) is 0.832. The summed E-state index contributed by atoms with van der Waals surface area (Å²) in [4.78, 5) is 3.85. The Hall–Kier alpha value is -1.46. The van der Waals surface area contributed by atoms with Crippen molar-refractivity contribution in [1.29, 1.82) is 0 Å². The van der Waals surface area contributed by atoms with Gasteiger partial charge in [0.15, 0.2) is 0 Å². The van der Waals surface area contributed by atoms with E-state index in [1.165, 1.54) is 12.1 Å². The van der Waals surface area contributed by atoms with Crippen LogP contribution in [-0.4, -0.2) is 4.98 Å². The molecule has 1 aromatic carbocycles. The molecule has 7 heteroatoms. The van der Waals surface area contributed by atoms with E-state index < -0.39 is 11.7 Å². The second kappa shape index (κ2) is 4.90. The number of benzene rings is 1. The molecule has 0 unspecified atom stereocenters. The number of nitrogen functional groups attached to an aromatic ring is 1. The predicted molar refractivity (Wildman–Crippen MR) is 69.1 cm³/mol. The highest BCUT2D eigenvalue weighted by molar-refractivity contribution is 6.43. The van der Waals surface area contributed by atoms with Crippen LogP contribution >= 0.6 is 23.2 Å². The third-order valence-electron chi connectivity index (χ3n) is 2.40. The fourth-order valence-corrected chi connectivity index (χ4v) is 1.95. The van der Waals surface area contributed by atoms with Crippen molar-refractivity contribution in [3.63, 3.8) is 0 Å². The van der Waals surface area contributed by atoms with Gasteiger partial charge in [-0.15, -0.1) is 0 Å². The van der Waals surface area contributed by atoms with E-state index in [0.717, 1.165) is 12.1 Å². The average molecular weight is 307 g/mol. The fourth-order valence-electron chi connectivity index (χ4n) is 1.56. The summed E-state index contributed by atoms with van der Waals surface area (Å²) in [6.45, 7) is 0. The van der Waals surface area contributed by atoms with E-state index in [1.807, 2.05) is 0 Å². The summed E-state index contributed by atoms with van der Waals surface area (Å²) in [6.07, 6.45) is -4.50. The molecule has 1 aromatic heterocycles. The van der Waals surface area contributed by atoms with Gasteiger partial charge in [0.2, 0.25) is 0 Å². The van der Waals surface area contributed by atoms with Crippen molar-refractivity contribution in [2.45, 2.75) is 6.18 Å². The first-order chi connectivity index (χ1) is 8.79. The SMILES string of the molecule is Nc1cc(C(F)(F)F)cc(-c2cccc(Cl)c2Cl)n1. The Labute approximate surface area is 117 Å². The molecule has 2 aromatic rings. The molecule has 0 fully saturated rings. The van der Waals surface area contributed by atoms with Crippen LogP contribution < -0.4 is 5.73 Å². The lowest BCUT2D eigenvalue weighted by molar-refractivity contribution is -0.137. The van der Waals surface area contributed by atoms with Crippen LogP contribution in [0.1, 0.15) is 5.56 Å². The summed E-state index contributed by atoms with van der Waals surface area (Å²) in [7, 11) is 0. The molecule has 0 aliphatic rings. The zero-order valence-corrected chi connectivity index (χ0v) is 10.8. The number of halogens is 5. The van der Waals surface area contributed by atoms with E-state index >= 15 is 0 Å². The van der Waals surface area contributed by atoms with Gasteiger partial charge in [0.25, 0.3) is 0 Å². The number of rotatable bonds is 1.